The van der Waals surface area contributed by atoms with Crippen LogP contribution in [0.2, 0.25) is 0 Å². The molecular formula is C5H13N6O3P. The van der Waals surface area contributed by atoms with Gasteiger partial charge in [0.25, 0.3) is 0 Å². The topological polar surface area (TPSA) is 152 Å². The lowest BCUT2D eigenvalue weighted by Crippen LogP contribution is -2.05. The Morgan fingerprint density at radius 1 is 0.933 bits per heavy atom. The van der Waals surface area contributed by atoms with Gasteiger partial charge in [-0.2, -0.15) is 15.0 Å². The smallest absolute Gasteiger partial charge is 0.318 e. The lowest BCUT2D eigenvalue weighted by molar-refractivity contribution is 0.302. The quantitative estimate of drug-likeness (QED) is 0.565. The van der Waals surface area contributed by atoms with Crippen LogP contribution in [-0.4, -0.2) is 29.2 Å². The van der Waals surface area contributed by atoms with Gasteiger partial charge in [-0.25, -0.2) is 0 Å². The van der Waals surface area contributed by atoms with Gasteiger partial charge in [0, 0.05) is 14.2 Å². The molecule has 0 radical (unpaired) electrons. The van der Waals surface area contributed by atoms with Gasteiger partial charge in [-0.3, -0.25) is 4.57 Å². The lowest BCUT2D eigenvalue weighted by Gasteiger charge is -1.93. The van der Waals surface area contributed by atoms with Crippen molar-refractivity contribution in [2.75, 3.05) is 31.4 Å². The summed E-state index contributed by atoms with van der Waals surface area (Å²) in [5.74, 6) is 0.125. The largest absolute Gasteiger partial charge is 0.368 e. The highest BCUT2D eigenvalue weighted by Crippen LogP contribution is 2.18. The van der Waals surface area contributed by atoms with Crippen LogP contribution in [0.25, 0.3) is 0 Å². The Balaban J connectivity index is 0.000000288. The van der Waals surface area contributed by atoms with Crippen molar-refractivity contribution in [1.82, 2.24) is 15.0 Å². The molecule has 0 bridgehead atoms. The van der Waals surface area contributed by atoms with E-state index in [1.807, 2.05) is 0 Å². The molecule has 6 N–H and O–H groups in total. The average molecular weight is 236 g/mol. The number of aromatic nitrogens is 3. The van der Waals surface area contributed by atoms with Gasteiger partial charge in [0.2, 0.25) is 17.8 Å². The predicted molar refractivity (Wildman–Crippen MR) is 56.1 cm³/mol. The number of hydrogen-bond acceptors (Lipinski definition) is 9. The summed E-state index contributed by atoms with van der Waals surface area (Å²) < 4.78 is 18.4. The molecule has 15 heavy (non-hydrogen) atoms. The molecule has 86 valence electrons. The summed E-state index contributed by atoms with van der Waals surface area (Å²) in [6.45, 7) is 0. The number of rotatable bonds is 2. The van der Waals surface area contributed by atoms with E-state index in [9.17, 15) is 4.57 Å². The predicted octanol–water partition coefficient (Wildman–Crippen LogP) is -0.713. The number of nitrogen functional groups attached to an aromatic ring is 3. The molecule has 1 aromatic rings. The van der Waals surface area contributed by atoms with Crippen molar-refractivity contribution in [2.24, 2.45) is 0 Å². The first-order valence-electron chi connectivity index (χ1n) is 3.64. The van der Waals surface area contributed by atoms with Crippen molar-refractivity contribution >= 4 is 26.1 Å². The van der Waals surface area contributed by atoms with Gasteiger partial charge < -0.3 is 26.2 Å². The van der Waals surface area contributed by atoms with Crippen LogP contribution in [0, 0.1) is 0 Å². The highest BCUT2D eigenvalue weighted by molar-refractivity contribution is 7.33. The summed E-state index contributed by atoms with van der Waals surface area (Å²) in [5.41, 5.74) is 15.4. The molecule has 0 aromatic carbocycles. The van der Waals surface area contributed by atoms with Crippen molar-refractivity contribution in [3.8, 4) is 0 Å². The molecule has 1 heterocycles. The summed E-state index contributed by atoms with van der Waals surface area (Å²) in [4.78, 5) is 10.5. The highest BCUT2D eigenvalue weighted by Gasteiger charge is 1.93. The number of nitrogens with zero attached hydrogens (tertiary/aromatic N) is 3. The van der Waals surface area contributed by atoms with E-state index in [1.54, 1.807) is 0 Å². The molecule has 0 saturated heterocycles. The summed E-state index contributed by atoms with van der Waals surface area (Å²) in [7, 11) is 0.558. The lowest BCUT2D eigenvalue weighted by atomic mass is 10.9. The van der Waals surface area contributed by atoms with Crippen LogP contribution in [0.1, 0.15) is 0 Å². The summed E-state index contributed by atoms with van der Waals surface area (Å²) in [5, 5.41) is 0. The zero-order valence-electron chi connectivity index (χ0n) is 8.30. The van der Waals surface area contributed by atoms with Gasteiger partial charge in [0.1, 0.15) is 0 Å². The Labute approximate surface area is 87.0 Å². The number of hydrogen-bond donors (Lipinski definition) is 3. The molecule has 0 aliphatic carbocycles. The first kappa shape index (κ1) is 13.6. The van der Waals surface area contributed by atoms with E-state index in [0.717, 1.165) is 0 Å². The van der Waals surface area contributed by atoms with Crippen LogP contribution in [0.5, 0.6) is 0 Å². The van der Waals surface area contributed by atoms with E-state index in [2.05, 4.69) is 24.0 Å². The zero-order valence-corrected chi connectivity index (χ0v) is 9.30. The Hall–Kier alpha value is -1.44. The van der Waals surface area contributed by atoms with Gasteiger partial charge in [-0.05, 0) is 0 Å². The monoisotopic (exact) mass is 236 g/mol. The van der Waals surface area contributed by atoms with Gasteiger partial charge >= 0.3 is 8.25 Å². The van der Waals surface area contributed by atoms with Crippen molar-refractivity contribution in [3.05, 3.63) is 0 Å². The molecule has 1 rings (SSSR count). The minimum Gasteiger partial charge on any atom is -0.368 e. The first-order chi connectivity index (χ1) is 6.99. The second-order valence-corrected chi connectivity index (χ2v) is 3.38. The minimum absolute atomic E-state index is 0.0417. The van der Waals surface area contributed by atoms with Gasteiger partial charge in [-0.15, -0.1) is 0 Å². The second kappa shape index (κ2) is 6.93. The maximum Gasteiger partial charge on any atom is 0.318 e. The normalized spacial score (nSPS) is 9.53. The average Bonchev–Trinajstić information content (AvgIpc) is 2.15. The number of nitrogens with two attached hydrogens (primary N) is 3. The number of anilines is 3. The van der Waals surface area contributed by atoms with Crippen molar-refractivity contribution in [1.29, 1.82) is 0 Å². The third-order valence-corrected chi connectivity index (χ3v) is 1.69. The Morgan fingerprint density at radius 3 is 1.33 bits per heavy atom. The fourth-order valence-electron chi connectivity index (χ4n) is 0.510. The molecule has 9 nitrogen and oxygen atoms in total. The van der Waals surface area contributed by atoms with Crippen molar-refractivity contribution in [2.45, 2.75) is 0 Å². The summed E-state index contributed by atoms with van der Waals surface area (Å²) in [6.07, 6.45) is 0. The zero-order chi connectivity index (χ0) is 11.8. The summed E-state index contributed by atoms with van der Waals surface area (Å²) >= 11 is 0. The van der Waals surface area contributed by atoms with Gasteiger partial charge in [0.05, 0.1) is 0 Å². The third-order valence-electron chi connectivity index (χ3n) is 1.02. The maximum atomic E-state index is 9.92. The Kier molecular flexibility index (Phi) is 6.27. The molecule has 0 saturated carbocycles. The molecule has 0 atom stereocenters. The standard InChI is InChI=1S/C3H6N6.C2H7O3P/c4-1-7-2(5)9-3(6)8-1;1-4-6(3)5-2/h(H6,4,5,6,7,8,9);6H,1-2H3. The minimum atomic E-state index is -2.12. The van der Waals surface area contributed by atoms with E-state index >= 15 is 0 Å². The second-order valence-electron chi connectivity index (χ2n) is 2.07. The first-order valence-corrected chi connectivity index (χ1v) is 4.86. The highest BCUT2D eigenvalue weighted by atomic mass is 31.1. The van der Waals surface area contributed by atoms with Crippen LogP contribution in [0.3, 0.4) is 0 Å². The van der Waals surface area contributed by atoms with Crippen molar-refractivity contribution in [3.63, 3.8) is 0 Å². The van der Waals surface area contributed by atoms with E-state index in [1.165, 1.54) is 14.2 Å². The molecule has 0 spiro atoms. The van der Waals surface area contributed by atoms with Crippen LogP contribution in [-0.2, 0) is 13.6 Å². The molecular weight excluding hydrogens is 223 g/mol. The van der Waals surface area contributed by atoms with Crippen LogP contribution in [0.15, 0.2) is 0 Å². The summed E-state index contributed by atoms with van der Waals surface area (Å²) in [6, 6.07) is 0. The van der Waals surface area contributed by atoms with E-state index in [0.29, 0.717) is 0 Å². The van der Waals surface area contributed by atoms with Gasteiger partial charge in [0.15, 0.2) is 0 Å². The molecule has 0 aliphatic rings. The SMILES string of the molecule is CO[PH](=O)OC.Nc1nc(N)nc(N)n1. The third kappa shape index (κ3) is 6.61. The molecule has 10 heteroatoms. The molecule has 0 unspecified atom stereocenters. The van der Waals surface area contributed by atoms with Gasteiger partial charge in [-0.1, -0.05) is 0 Å². The van der Waals surface area contributed by atoms with Crippen LogP contribution in [0.4, 0.5) is 17.8 Å². The molecule has 0 amide bonds. The van der Waals surface area contributed by atoms with Crippen LogP contribution < -0.4 is 17.2 Å². The Morgan fingerprint density at radius 2 is 1.20 bits per heavy atom. The van der Waals surface area contributed by atoms with Crippen molar-refractivity contribution < 1.29 is 13.6 Å². The fraction of sp³-hybridized carbons (Fsp3) is 0.400. The Bertz CT molecular complexity index is 278. The van der Waals surface area contributed by atoms with Crippen LogP contribution >= 0.6 is 8.25 Å². The fourth-order valence-corrected chi connectivity index (χ4v) is 0.677. The molecule has 0 fully saturated rings. The van der Waals surface area contributed by atoms with E-state index < -0.39 is 8.25 Å². The van der Waals surface area contributed by atoms with E-state index in [-0.39, 0.29) is 17.8 Å². The molecule has 0 aliphatic heterocycles. The van der Waals surface area contributed by atoms with E-state index in [4.69, 9.17) is 17.2 Å². The molecule has 1 aromatic heterocycles. The maximum absolute atomic E-state index is 9.92.